The van der Waals surface area contributed by atoms with Crippen LogP contribution in [0.4, 0.5) is 0 Å². The van der Waals surface area contributed by atoms with E-state index in [2.05, 4.69) is 10.4 Å². The number of amides is 1. The van der Waals surface area contributed by atoms with Crippen molar-refractivity contribution >= 4 is 11.9 Å². The fourth-order valence-electron chi connectivity index (χ4n) is 2.98. The molecule has 6 nitrogen and oxygen atoms in total. The molecule has 0 bridgehead atoms. The molecule has 1 aliphatic heterocycles. The van der Waals surface area contributed by atoms with Crippen molar-refractivity contribution in [3.05, 3.63) is 53.3 Å². The zero-order valence-electron chi connectivity index (χ0n) is 12.6. The summed E-state index contributed by atoms with van der Waals surface area (Å²) in [5.74, 6) is -0.527. The molecule has 4 rings (SSSR count). The summed E-state index contributed by atoms with van der Waals surface area (Å²) in [6.07, 6.45) is 6.38. The predicted octanol–water partition coefficient (Wildman–Crippen LogP) is 1.52. The van der Waals surface area contributed by atoms with Gasteiger partial charge in [0.25, 0.3) is 5.91 Å². The minimum absolute atomic E-state index is 0.0910. The number of hydrogen-bond acceptors (Lipinski definition) is 4. The zero-order chi connectivity index (χ0) is 15.9. The topological polar surface area (TPSA) is 73.2 Å². The molecule has 1 fully saturated rings. The van der Waals surface area contributed by atoms with Crippen LogP contribution >= 0.6 is 0 Å². The molecule has 1 N–H and O–H groups in total. The summed E-state index contributed by atoms with van der Waals surface area (Å²) in [5.41, 5.74) is 1.83. The molecule has 1 aromatic heterocycles. The molecule has 23 heavy (non-hydrogen) atoms. The van der Waals surface area contributed by atoms with Gasteiger partial charge in [-0.1, -0.05) is 6.07 Å². The third-order valence-electron chi connectivity index (χ3n) is 4.59. The summed E-state index contributed by atoms with van der Waals surface area (Å²) in [4.78, 5) is 24.2. The minimum Gasteiger partial charge on any atom is -0.462 e. The first-order chi connectivity index (χ1) is 11.2. The van der Waals surface area contributed by atoms with Gasteiger partial charge in [-0.15, -0.1) is 0 Å². The fraction of sp³-hybridized carbons (Fsp3) is 0.353. The second kappa shape index (κ2) is 5.22. The van der Waals surface area contributed by atoms with Gasteiger partial charge in [-0.3, -0.25) is 9.48 Å². The maximum absolute atomic E-state index is 12.4. The summed E-state index contributed by atoms with van der Waals surface area (Å²) >= 11 is 0. The van der Waals surface area contributed by atoms with Crippen LogP contribution < -0.4 is 5.32 Å². The monoisotopic (exact) mass is 311 g/mol. The van der Waals surface area contributed by atoms with Gasteiger partial charge in [0.15, 0.2) is 0 Å². The van der Waals surface area contributed by atoms with E-state index in [0.717, 1.165) is 18.4 Å². The van der Waals surface area contributed by atoms with Crippen molar-refractivity contribution < 1.29 is 14.3 Å². The Morgan fingerprint density at radius 1 is 1.39 bits per heavy atom. The molecule has 0 saturated heterocycles. The number of fused-ring (bicyclic) bond motifs is 1. The molecular formula is C17H17N3O3. The highest BCUT2D eigenvalue weighted by atomic mass is 16.5. The second-order valence-electron chi connectivity index (χ2n) is 6.12. The van der Waals surface area contributed by atoms with Crippen molar-refractivity contribution in [2.45, 2.75) is 24.8 Å². The standard InChI is InChI=1S/C17H17N3O3/c21-15(18-11-17(5-6-17)20-8-1-7-19-20)13-3-2-12-4-9-23-16(22)14(12)10-13/h1-3,7-8,10H,4-6,9,11H2,(H,18,21). The number of aromatic nitrogens is 2. The summed E-state index contributed by atoms with van der Waals surface area (Å²) < 4.78 is 6.94. The van der Waals surface area contributed by atoms with E-state index in [9.17, 15) is 9.59 Å². The van der Waals surface area contributed by atoms with E-state index < -0.39 is 0 Å². The number of nitrogens with zero attached hydrogens (tertiary/aromatic N) is 2. The van der Waals surface area contributed by atoms with E-state index in [-0.39, 0.29) is 17.4 Å². The van der Waals surface area contributed by atoms with E-state index in [1.165, 1.54) is 0 Å². The number of ether oxygens (including phenoxy) is 1. The van der Waals surface area contributed by atoms with E-state index in [0.29, 0.717) is 30.7 Å². The Morgan fingerprint density at radius 3 is 3.00 bits per heavy atom. The largest absolute Gasteiger partial charge is 0.462 e. The van der Waals surface area contributed by atoms with Crippen LogP contribution in [-0.4, -0.2) is 34.8 Å². The van der Waals surface area contributed by atoms with Crippen molar-refractivity contribution in [1.29, 1.82) is 0 Å². The maximum Gasteiger partial charge on any atom is 0.338 e. The predicted molar refractivity (Wildman–Crippen MR) is 82.2 cm³/mol. The zero-order valence-corrected chi connectivity index (χ0v) is 12.6. The van der Waals surface area contributed by atoms with Crippen LogP contribution in [0.2, 0.25) is 0 Å². The van der Waals surface area contributed by atoms with Gasteiger partial charge in [0.05, 0.1) is 17.7 Å². The first-order valence-corrected chi connectivity index (χ1v) is 7.76. The van der Waals surface area contributed by atoms with Crippen molar-refractivity contribution in [1.82, 2.24) is 15.1 Å². The molecule has 0 spiro atoms. The molecule has 1 saturated carbocycles. The Labute approximate surface area is 133 Å². The van der Waals surface area contributed by atoms with Crippen LogP contribution in [0.5, 0.6) is 0 Å². The average Bonchev–Trinajstić information content (AvgIpc) is 3.15. The van der Waals surface area contributed by atoms with Gasteiger partial charge in [0.1, 0.15) is 0 Å². The number of rotatable bonds is 4. The normalized spacial score (nSPS) is 18.0. The lowest BCUT2D eigenvalue weighted by Crippen LogP contribution is -2.36. The molecule has 2 aromatic rings. The minimum atomic E-state index is -0.351. The van der Waals surface area contributed by atoms with Crippen molar-refractivity contribution in [3.8, 4) is 0 Å². The average molecular weight is 311 g/mol. The smallest absolute Gasteiger partial charge is 0.338 e. The third-order valence-corrected chi connectivity index (χ3v) is 4.59. The van der Waals surface area contributed by atoms with Crippen LogP contribution in [0.1, 0.15) is 39.1 Å². The second-order valence-corrected chi connectivity index (χ2v) is 6.12. The van der Waals surface area contributed by atoms with Gasteiger partial charge >= 0.3 is 5.97 Å². The molecule has 118 valence electrons. The quantitative estimate of drug-likeness (QED) is 0.869. The highest BCUT2D eigenvalue weighted by Crippen LogP contribution is 2.42. The van der Waals surface area contributed by atoms with Crippen molar-refractivity contribution in [2.24, 2.45) is 0 Å². The molecule has 1 aliphatic carbocycles. The van der Waals surface area contributed by atoms with E-state index in [1.807, 2.05) is 23.0 Å². The molecule has 6 heteroatoms. The molecule has 0 atom stereocenters. The summed E-state index contributed by atoms with van der Waals surface area (Å²) in [5, 5.41) is 7.23. The molecular weight excluding hydrogens is 294 g/mol. The molecule has 1 amide bonds. The van der Waals surface area contributed by atoms with Gasteiger partial charge in [-0.05, 0) is 36.6 Å². The number of hydrogen-bond donors (Lipinski definition) is 1. The van der Waals surface area contributed by atoms with Crippen LogP contribution in [-0.2, 0) is 16.7 Å². The van der Waals surface area contributed by atoms with Crippen LogP contribution in [0.25, 0.3) is 0 Å². The first kappa shape index (κ1) is 14.0. The molecule has 2 heterocycles. The Morgan fingerprint density at radius 2 is 2.26 bits per heavy atom. The highest BCUT2D eigenvalue weighted by molar-refractivity contribution is 5.99. The van der Waals surface area contributed by atoms with E-state index in [1.54, 1.807) is 18.3 Å². The number of esters is 1. The lowest BCUT2D eigenvalue weighted by atomic mass is 9.99. The fourth-order valence-corrected chi connectivity index (χ4v) is 2.98. The number of nitrogens with one attached hydrogen (secondary N) is 1. The van der Waals surface area contributed by atoms with Gasteiger partial charge < -0.3 is 10.1 Å². The summed E-state index contributed by atoms with van der Waals surface area (Å²) in [7, 11) is 0. The Bertz CT molecular complexity index is 763. The first-order valence-electron chi connectivity index (χ1n) is 7.76. The van der Waals surface area contributed by atoms with Crippen LogP contribution in [0, 0.1) is 0 Å². The summed E-state index contributed by atoms with van der Waals surface area (Å²) in [6.45, 7) is 0.943. The number of cyclic esters (lactones) is 1. The van der Waals surface area contributed by atoms with Gasteiger partial charge in [-0.2, -0.15) is 5.10 Å². The molecule has 0 unspecified atom stereocenters. The van der Waals surface area contributed by atoms with Crippen molar-refractivity contribution in [2.75, 3.05) is 13.2 Å². The highest BCUT2D eigenvalue weighted by Gasteiger charge is 2.45. The van der Waals surface area contributed by atoms with Crippen LogP contribution in [0.15, 0.2) is 36.7 Å². The molecule has 2 aliphatic rings. The van der Waals surface area contributed by atoms with Gasteiger partial charge in [0, 0.05) is 30.9 Å². The number of benzene rings is 1. The Kier molecular flexibility index (Phi) is 3.18. The molecule has 0 radical (unpaired) electrons. The Hall–Kier alpha value is -2.63. The Balaban J connectivity index is 1.48. The van der Waals surface area contributed by atoms with Gasteiger partial charge in [0.2, 0.25) is 0 Å². The van der Waals surface area contributed by atoms with E-state index in [4.69, 9.17) is 4.74 Å². The number of carbonyl (C=O) groups is 2. The number of carbonyl (C=O) groups excluding carboxylic acids is 2. The van der Waals surface area contributed by atoms with Crippen molar-refractivity contribution in [3.63, 3.8) is 0 Å². The SMILES string of the molecule is O=C(NCC1(n2cccn2)CC1)c1ccc2c(c1)C(=O)OCC2. The maximum atomic E-state index is 12.4. The lowest BCUT2D eigenvalue weighted by Gasteiger charge is -2.18. The third kappa shape index (κ3) is 2.50. The lowest BCUT2D eigenvalue weighted by molar-refractivity contribution is 0.0480. The van der Waals surface area contributed by atoms with Crippen LogP contribution in [0.3, 0.4) is 0 Å². The van der Waals surface area contributed by atoms with Gasteiger partial charge in [-0.25, -0.2) is 4.79 Å². The summed E-state index contributed by atoms with van der Waals surface area (Å²) in [6, 6.07) is 7.11. The molecule has 1 aromatic carbocycles. The van der Waals surface area contributed by atoms with E-state index >= 15 is 0 Å².